The van der Waals surface area contributed by atoms with Crippen LogP contribution in [0.2, 0.25) is 5.02 Å². The van der Waals surface area contributed by atoms with Crippen molar-refractivity contribution in [1.29, 1.82) is 0 Å². The fourth-order valence-electron chi connectivity index (χ4n) is 3.57. The van der Waals surface area contributed by atoms with Crippen molar-refractivity contribution in [1.82, 2.24) is 24.8 Å². The smallest absolute Gasteiger partial charge is 0.409 e. The van der Waals surface area contributed by atoms with Crippen LogP contribution in [0.4, 0.5) is 15.0 Å². The highest BCUT2D eigenvalue weighted by Gasteiger charge is 2.27. The molecule has 1 aliphatic heterocycles. The number of carbonyl (C=O) groups is 1. The highest BCUT2D eigenvalue weighted by Crippen LogP contribution is 2.28. The van der Waals surface area contributed by atoms with Crippen LogP contribution >= 0.6 is 11.6 Å². The molecule has 1 aliphatic rings. The number of aromatic amines is 1. The molecule has 0 aromatic carbocycles. The van der Waals surface area contributed by atoms with E-state index in [1.54, 1.807) is 23.4 Å². The highest BCUT2D eigenvalue weighted by atomic mass is 35.5. The highest BCUT2D eigenvalue weighted by molar-refractivity contribution is 6.31. The van der Waals surface area contributed by atoms with Crippen molar-refractivity contribution < 1.29 is 13.9 Å². The summed E-state index contributed by atoms with van der Waals surface area (Å²) < 4.78 is 19.2. The molecule has 1 amide bonds. The van der Waals surface area contributed by atoms with Crippen molar-refractivity contribution in [3.8, 4) is 11.4 Å². The molecule has 4 rings (SSSR count). The molecule has 0 radical (unpaired) electrons. The summed E-state index contributed by atoms with van der Waals surface area (Å²) in [7, 11) is 1.36. The molecule has 3 aromatic heterocycles. The van der Waals surface area contributed by atoms with Crippen LogP contribution in [0.3, 0.4) is 0 Å². The van der Waals surface area contributed by atoms with Gasteiger partial charge in [0.25, 0.3) is 0 Å². The second-order valence-corrected chi connectivity index (χ2v) is 7.27. The lowest BCUT2D eigenvalue weighted by Crippen LogP contribution is -2.47. The molecule has 8 nitrogen and oxygen atoms in total. The summed E-state index contributed by atoms with van der Waals surface area (Å²) in [5, 5.41) is 4.26. The van der Waals surface area contributed by atoms with Crippen molar-refractivity contribution in [3.63, 3.8) is 0 Å². The van der Waals surface area contributed by atoms with Gasteiger partial charge >= 0.3 is 6.09 Å². The number of carbonyl (C=O) groups excluding carboxylic acids is 1. The van der Waals surface area contributed by atoms with Crippen molar-refractivity contribution in [2.75, 3.05) is 25.5 Å². The number of pyridine rings is 1. The maximum absolute atomic E-state index is 14.3. The number of methoxy groups -OCH3 is 1. The van der Waals surface area contributed by atoms with Crippen LogP contribution in [0.15, 0.2) is 24.7 Å². The number of nitrogens with zero attached hydrogens (tertiary/aromatic N) is 4. The van der Waals surface area contributed by atoms with Gasteiger partial charge in [-0.1, -0.05) is 11.6 Å². The van der Waals surface area contributed by atoms with Gasteiger partial charge in [-0.2, -0.15) is 0 Å². The maximum atomic E-state index is 14.3. The Kier molecular flexibility index (Phi) is 5.48. The van der Waals surface area contributed by atoms with Gasteiger partial charge in [-0.05, 0) is 25.3 Å². The first kappa shape index (κ1) is 19.4. The summed E-state index contributed by atoms with van der Waals surface area (Å²) in [4.78, 5) is 29.4. The number of fused-ring (bicyclic) bond motifs is 1. The van der Waals surface area contributed by atoms with Crippen LogP contribution < -0.4 is 5.32 Å². The fraction of sp³-hybridized carbons (Fsp3) is 0.368. The number of hydrogen-bond acceptors (Lipinski definition) is 6. The molecule has 2 N–H and O–H groups in total. The monoisotopic (exact) mass is 418 g/mol. The number of anilines is 1. The number of aromatic nitrogens is 4. The van der Waals surface area contributed by atoms with E-state index in [0.29, 0.717) is 35.1 Å². The van der Waals surface area contributed by atoms with Crippen molar-refractivity contribution >= 4 is 34.5 Å². The average molecular weight is 419 g/mol. The van der Waals surface area contributed by atoms with E-state index >= 15 is 0 Å². The van der Waals surface area contributed by atoms with Crippen LogP contribution in [0, 0.1) is 5.82 Å². The number of hydrogen-bond donors (Lipinski definition) is 2. The molecule has 29 heavy (non-hydrogen) atoms. The van der Waals surface area contributed by atoms with Crippen LogP contribution in [0.1, 0.15) is 19.3 Å². The second kappa shape index (κ2) is 8.20. The zero-order valence-electron chi connectivity index (χ0n) is 15.8. The first-order chi connectivity index (χ1) is 14.1. The molecule has 0 bridgehead atoms. The van der Waals surface area contributed by atoms with Gasteiger partial charge in [0.2, 0.25) is 0 Å². The number of likely N-dealkylation sites (tertiary alicyclic amines) is 1. The Hall–Kier alpha value is -2.94. The number of H-pyrrole nitrogens is 1. The molecule has 152 valence electrons. The lowest BCUT2D eigenvalue weighted by Gasteiger charge is -2.34. The third-order valence-corrected chi connectivity index (χ3v) is 5.23. The van der Waals surface area contributed by atoms with E-state index in [0.717, 1.165) is 30.8 Å². The number of halogens is 2. The maximum Gasteiger partial charge on any atom is 0.409 e. The van der Waals surface area contributed by atoms with Crippen molar-refractivity contribution in [2.45, 2.75) is 25.3 Å². The Balaban J connectivity index is 1.57. The van der Waals surface area contributed by atoms with Crippen LogP contribution in [-0.4, -0.2) is 57.2 Å². The Bertz CT molecular complexity index is 1040. The van der Waals surface area contributed by atoms with Gasteiger partial charge in [0.15, 0.2) is 17.5 Å². The number of nitrogens with one attached hydrogen (secondary N) is 2. The minimum atomic E-state index is -0.565. The first-order valence-electron chi connectivity index (χ1n) is 9.31. The molecule has 4 heterocycles. The summed E-state index contributed by atoms with van der Waals surface area (Å²) in [6.45, 7) is 0.989. The zero-order chi connectivity index (χ0) is 20.4. The minimum absolute atomic E-state index is 0.0785. The largest absolute Gasteiger partial charge is 0.453 e. The summed E-state index contributed by atoms with van der Waals surface area (Å²) in [5.41, 5.74) is 1.31. The fourth-order valence-corrected chi connectivity index (χ4v) is 3.73. The number of amides is 1. The van der Waals surface area contributed by atoms with Crippen LogP contribution in [-0.2, 0) is 4.74 Å². The molecular weight excluding hydrogens is 399 g/mol. The summed E-state index contributed by atoms with van der Waals surface area (Å²) >= 11 is 6.05. The van der Waals surface area contributed by atoms with E-state index in [9.17, 15) is 9.18 Å². The predicted molar refractivity (Wildman–Crippen MR) is 107 cm³/mol. The van der Waals surface area contributed by atoms with Gasteiger partial charge in [-0.3, -0.25) is 0 Å². The van der Waals surface area contributed by atoms with Gasteiger partial charge in [0.1, 0.15) is 5.65 Å². The standard InChI is InChI=1S/C19H20ClFN6O2/c1-29-19(28)27-5-3-2-4-12(27)8-23-18-15(21)10-25-17(26-18)14-9-24-16-13(14)6-11(20)7-22-16/h6-7,9-10,12H,2-5,8H2,1H3,(H,22,24)(H,23,25,26). The van der Waals surface area contributed by atoms with E-state index in [-0.39, 0.29) is 18.0 Å². The summed E-state index contributed by atoms with van der Waals surface area (Å²) in [5.74, 6) is -0.141. The van der Waals surface area contributed by atoms with Crippen molar-refractivity contribution in [3.05, 3.63) is 35.5 Å². The summed E-state index contributed by atoms with van der Waals surface area (Å²) in [6, 6.07) is 1.66. The van der Waals surface area contributed by atoms with E-state index in [1.165, 1.54) is 7.11 Å². The molecule has 0 saturated carbocycles. The average Bonchev–Trinajstić information content (AvgIpc) is 3.16. The van der Waals surface area contributed by atoms with Gasteiger partial charge in [0.05, 0.1) is 24.4 Å². The van der Waals surface area contributed by atoms with Gasteiger partial charge in [-0.25, -0.2) is 24.1 Å². The Morgan fingerprint density at radius 1 is 1.41 bits per heavy atom. The molecule has 10 heteroatoms. The quantitative estimate of drug-likeness (QED) is 0.668. The molecule has 0 spiro atoms. The molecule has 0 aliphatic carbocycles. The number of piperidine rings is 1. The predicted octanol–water partition coefficient (Wildman–Crippen LogP) is 3.85. The third kappa shape index (κ3) is 3.95. The summed E-state index contributed by atoms with van der Waals surface area (Å²) in [6.07, 6.45) is 6.75. The third-order valence-electron chi connectivity index (χ3n) is 5.02. The van der Waals surface area contributed by atoms with E-state index in [1.807, 2.05) is 0 Å². The topological polar surface area (TPSA) is 96.0 Å². The first-order valence-corrected chi connectivity index (χ1v) is 9.68. The second-order valence-electron chi connectivity index (χ2n) is 6.84. The molecule has 1 atom stereocenters. The lowest BCUT2D eigenvalue weighted by molar-refractivity contribution is 0.0928. The molecule has 1 fully saturated rings. The Morgan fingerprint density at radius 2 is 2.28 bits per heavy atom. The number of rotatable bonds is 4. The molecule has 3 aromatic rings. The minimum Gasteiger partial charge on any atom is -0.453 e. The normalized spacial score (nSPS) is 16.8. The van der Waals surface area contributed by atoms with Crippen molar-refractivity contribution in [2.24, 2.45) is 0 Å². The van der Waals surface area contributed by atoms with E-state index in [2.05, 4.69) is 25.3 Å². The van der Waals surface area contributed by atoms with Gasteiger partial charge < -0.3 is 19.9 Å². The Morgan fingerprint density at radius 3 is 3.10 bits per heavy atom. The molecule has 1 saturated heterocycles. The molecular formula is C19H20ClFN6O2. The SMILES string of the molecule is COC(=O)N1CCCCC1CNc1nc(-c2c[nH]c3ncc(Cl)cc23)ncc1F. The zero-order valence-corrected chi connectivity index (χ0v) is 16.5. The van der Waals surface area contributed by atoms with Crippen LogP contribution in [0.5, 0.6) is 0 Å². The van der Waals surface area contributed by atoms with E-state index < -0.39 is 5.82 Å². The van der Waals surface area contributed by atoms with Gasteiger partial charge in [0, 0.05) is 36.4 Å². The number of ether oxygens (including phenoxy) is 1. The van der Waals surface area contributed by atoms with E-state index in [4.69, 9.17) is 16.3 Å². The molecule has 1 unspecified atom stereocenters. The lowest BCUT2D eigenvalue weighted by atomic mass is 10.0. The van der Waals surface area contributed by atoms with Gasteiger partial charge in [-0.15, -0.1) is 0 Å². The Labute approximate surface area is 171 Å². The van der Waals surface area contributed by atoms with Crippen LogP contribution in [0.25, 0.3) is 22.4 Å².